The maximum absolute atomic E-state index is 12.9. The Hall–Kier alpha value is -3.15. The molecule has 0 bridgehead atoms. The average Bonchev–Trinajstić information content (AvgIpc) is 2.68. The van der Waals surface area contributed by atoms with Gasteiger partial charge in [-0.25, -0.2) is 4.79 Å². The minimum atomic E-state index is -0.608. The predicted molar refractivity (Wildman–Crippen MR) is 105 cm³/mol. The lowest BCUT2D eigenvalue weighted by Crippen LogP contribution is -2.12. The Kier molecular flexibility index (Phi) is 4.39. The number of carbonyl (C=O) groups is 1. The van der Waals surface area contributed by atoms with Gasteiger partial charge in [0.1, 0.15) is 17.0 Å². The number of benzene rings is 1. The SMILES string of the molecule is CCOC(=O)c1cc2c(=O)c3ccc(C4=CCCCC4)cc3oc2nc1N. The highest BCUT2D eigenvalue weighted by Gasteiger charge is 2.18. The van der Waals surface area contributed by atoms with Crippen LogP contribution in [0.25, 0.3) is 27.6 Å². The molecule has 4 rings (SSSR count). The van der Waals surface area contributed by atoms with Crippen molar-refractivity contribution in [1.82, 2.24) is 4.98 Å². The summed E-state index contributed by atoms with van der Waals surface area (Å²) in [5, 5.41) is 0.661. The fraction of sp³-hybridized carbons (Fsp3) is 0.286. The second kappa shape index (κ2) is 6.87. The lowest BCUT2D eigenvalue weighted by molar-refractivity contribution is 0.0527. The van der Waals surface area contributed by atoms with Crippen LogP contribution in [0.15, 0.2) is 39.6 Å². The van der Waals surface area contributed by atoms with Crippen LogP contribution >= 0.6 is 0 Å². The molecule has 3 aromatic rings. The monoisotopic (exact) mass is 364 g/mol. The Labute approximate surface area is 155 Å². The summed E-state index contributed by atoms with van der Waals surface area (Å²) in [6, 6.07) is 6.99. The Morgan fingerprint density at radius 2 is 2.11 bits per heavy atom. The van der Waals surface area contributed by atoms with Crippen molar-refractivity contribution >= 4 is 39.4 Å². The molecule has 0 spiro atoms. The van der Waals surface area contributed by atoms with Gasteiger partial charge in [0.2, 0.25) is 11.1 Å². The molecule has 0 fully saturated rings. The molecule has 27 heavy (non-hydrogen) atoms. The van der Waals surface area contributed by atoms with Crippen LogP contribution in [0.1, 0.15) is 48.5 Å². The maximum atomic E-state index is 12.9. The van der Waals surface area contributed by atoms with E-state index in [9.17, 15) is 9.59 Å². The van der Waals surface area contributed by atoms with Crippen LogP contribution in [0.4, 0.5) is 5.82 Å². The molecule has 6 heteroatoms. The van der Waals surface area contributed by atoms with Crippen LogP contribution in [-0.4, -0.2) is 17.6 Å². The number of carbonyl (C=O) groups excluding carboxylic acids is 1. The van der Waals surface area contributed by atoms with Crippen molar-refractivity contribution in [2.75, 3.05) is 12.3 Å². The number of allylic oxidation sites excluding steroid dienone is 2. The molecule has 0 saturated heterocycles. The molecule has 0 saturated carbocycles. The predicted octanol–water partition coefficient (Wildman–Crippen LogP) is 4.06. The van der Waals surface area contributed by atoms with Gasteiger partial charge in [-0.15, -0.1) is 0 Å². The van der Waals surface area contributed by atoms with Gasteiger partial charge in [0.25, 0.3) is 0 Å². The number of rotatable bonds is 3. The van der Waals surface area contributed by atoms with E-state index in [1.165, 1.54) is 24.5 Å². The number of ether oxygens (including phenoxy) is 1. The Morgan fingerprint density at radius 1 is 1.26 bits per heavy atom. The van der Waals surface area contributed by atoms with Gasteiger partial charge in [-0.2, -0.15) is 4.98 Å². The van der Waals surface area contributed by atoms with E-state index in [1.807, 2.05) is 12.1 Å². The van der Waals surface area contributed by atoms with Gasteiger partial charge in [-0.3, -0.25) is 4.79 Å². The van der Waals surface area contributed by atoms with Gasteiger partial charge in [0, 0.05) is 0 Å². The summed E-state index contributed by atoms with van der Waals surface area (Å²) in [7, 11) is 0. The van der Waals surface area contributed by atoms with Crippen molar-refractivity contribution in [3.63, 3.8) is 0 Å². The fourth-order valence-corrected chi connectivity index (χ4v) is 3.47. The minimum absolute atomic E-state index is 0.0189. The number of hydrogen-bond acceptors (Lipinski definition) is 6. The molecular weight excluding hydrogens is 344 g/mol. The van der Waals surface area contributed by atoms with Crippen LogP contribution in [0.5, 0.6) is 0 Å². The molecule has 6 nitrogen and oxygen atoms in total. The van der Waals surface area contributed by atoms with Gasteiger partial charge < -0.3 is 14.9 Å². The first-order chi connectivity index (χ1) is 13.1. The number of anilines is 1. The lowest BCUT2D eigenvalue weighted by atomic mass is 9.93. The Morgan fingerprint density at radius 3 is 2.85 bits per heavy atom. The number of hydrogen-bond donors (Lipinski definition) is 1. The zero-order valence-corrected chi connectivity index (χ0v) is 15.1. The van der Waals surface area contributed by atoms with Crippen LogP contribution in [0.3, 0.4) is 0 Å². The number of esters is 1. The summed E-state index contributed by atoms with van der Waals surface area (Å²) in [5.41, 5.74) is 8.62. The first-order valence-electron chi connectivity index (χ1n) is 9.12. The van der Waals surface area contributed by atoms with Crippen molar-refractivity contribution in [3.05, 3.63) is 51.7 Å². The normalized spacial score (nSPS) is 14.3. The highest BCUT2D eigenvalue weighted by Crippen LogP contribution is 2.29. The molecule has 0 aliphatic heterocycles. The third kappa shape index (κ3) is 3.07. The first kappa shape index (κ1) is 17.3. The summed E-state index contributed by atoms with van der Waals surface area (Å²) in [6.45, 7) is 1.91. The van der Waals surface area contributed by atoms with E-state index >= 15 is 0 Å². The van der Waals surface area contributed by atoms with Crippen LogP contribution in [0, 0.1) is 0 Å². The molecule has 138 valence electrons. The minimum Gasteiger partial charge on any atom is -0.462 e. The van der Waals surface area contributed by atoms with Gasteiger partial charge >= 0.3 is 5.97 Å². The third-order valence-electron chi connectivity index (χ3n) is 4.85. The van der Waals surface area contributed by atoms with Crippen molar-refractivity contribution < 1.29 is 13.9 Å². The zero-order chi connectivity index (χ0) is 19.0. The average molecular weight is 364 g/mol. The van der Waals surface area contributed by atoms with Crippen LogP contribution in [0.2, 0.25) is 0 Å². The first-order valence-corrected chi connectivity index (χ1v) is 9.12. The van der Waals surface area contributed by atoms with Gasteiger partial charge in [-0.05, 0) is 61.9 Å². The van der Waals surface area contributed by atoms with Gasteiger partial charge in [0.05, 0.1) is 17.4 Å². The molecule has 0 radical (unpaired) electrons. The fourth-order valence-electron chi connectivity index (χ4n) is 3.47. The van der Waals surface area contributed by atoms with Crippen molar-refractivity contribution in [2.45, 2.75) is 32.6 Å². The molecule has 0 unspecified atom stereocenters. The topological polar surface area (TPSA) is 95.4 Å². The number of nitrogens with zero attached hydrogens (tertiary/aromatic N) is 1. The van der Waals surface area contributed by atoms with E-state index in [0.717, 1.165) is 18.4 Å². The smallest absolute Gasteiger partial charge is 0.341 e. The summed E-state index contributed by atoms with van der Waals surface area (Å²) in [5.74, 6) is -0.627. The van der Waals surface area contributed by atoms with Gasteiger partial charge in [0.15, 0.2) is 0 Å². The van der Waals surface area contributed by atoms with E-state index < -0.39 is 5.97 Å². The second-order valence-electron chi connectivity index (χ2n) is 6.61. The van der Waals surface area contributed by atoms with Crippen LogP contribution in [-0.2, 0) is 4.74 Å². The Balaban J connectivity index is 1.89. The highest BCUT2D eigenvalue weighted by molar-refractivity contribution is 5.99. The van der Waals surface area contributed by atoms with E-state index in [0.29, 0.717) is 11.0 Å². The quantitative estimate of drug-likeness (QED) is 0.556. The summed E-state index contributed by atoms with van der Waals surface area (Å²) in [6.07, 6.45) is 6.72. The van der Waals surface area contributed by atoms with E-state index in [-0.39, 0.29) is 34.5 Å². The van der Waals surface area contributed by atoms with Crippen molar-refractivity contribution in [2.24, 2.45) is 0 Å². The zero-order valence-electron chi connectivity index (χ0n) is 15.1. The third-order valence-corrected chi connectivity index (χ3v) is 4.85. The summed E-state index contributed by atoms with van der Waals surface area (Å²) in [4.78, 5) is 29.1. The van der Waals surface area contributed by atoms with E-state index in [4.69, 9.17) is 14.9 Å². The lowest BCUT2D eigenvalue weighted by Gasteiger charge is -2.13. The number of pyridine rings is 1. The summed E-state index contributed by atoms with van der Waals surface area (Å²) < 4.78 is 10.8. The molecular formula is C21H20N2O4. The van der Waals surface area contributed by atoms with E-state index in [1.54, 1.807) is 13.0 Å². The molecule has 1 aromatic carbocycles. The number of fused-ring (bicyclic) bond motifs is 2. The number of nitrogens with two attached hydrogens (primary N) is 1. The molecule has 2 heterocycles. The summed E-state index contributed by atoms with van der Waals surface area (Å²) >= 11 is 0. The number of aromatic nitrogens is 1. The number of nitrogen functional groups attached to an aromatic ring is 1. The molecule has 1 aliphatic rings. The van der Waals surface area contributed by atoms with Crippen molar-refractivity contribution in [3.8, 4) is 0 Å². The molecule has 0 amide bonds. The Bertz CT molecular complexity index is 1140. The molecule has 2 N–H and O–H groups in total. The van der Waals surface area contributed by atoms with Gasteiger partial charge in [-0.1, -0.05) is 12.1 Å². The maximum Gasteiger partial charge on any atom is 0.341 e. The van der Waals surface area contributed by atoms with Crippen molar-refractivity contribution in [1.29, 1.82) is 0 Å². The van der Waals surface area contributed by atoms with E-state index in [2.05, 4.69) is 11.1 Å². The van der Waals surface area contributed by atoms with Crippen LogP contribution < -0.4 is 11.2 Å². The standard InChI is InChI=1S/C21H20N2O4/c1-2-26-21(25)16-11-15-18(24)14-9-8-13(12-6-4-3-5-7-12)10-17(14)27-20(15)23-19(16)22/h6,8-11H,2-5,7H2,1H3,(H2,22,23). The molecule has 1 aliphatic carbocycles. The second-order valence-corrected chi connectivity index (χ2v) is 6.61. The largest absolute Gasteiger partial charge is 0.462 e. The highest BCUT2D eigenvalue weighted by atomic mass is 16.5. The molecule has 2 aromatic heterocycles. The molecule has 0 atom stereocenters.